The van der Waals surface area contributed by atoms with Crippen molar-refractivity contribution in [1.82, 2.24) is 5.16 Å². The van der Waals surface area contributed by atoms with Crippen molar-refractivity contribution >= 4 is 0 Å². The highest BCUT2D eigenvalue weighted by Gasteiger charge is 2.02. The van der Waals surface area contributed by atoms with Crippen molar-refractivity contribution in [2.45, 2.75) is 27.4 Å². The number of nitrogens with zero attached hydrogens (tertiary/aromatic N) is 1. The molecule has 84 valence electrons. The Hall–Kier alpha value is -1.77. The van der Waals surface area contributed by atoms with Gasteiger partial charge in [0.15, 0.2) is 0 Å². The molecule has 1 heterocycles. The van der Waals surface area contributed by atoms with E-state index >= 15 is 0 Å². The molecule has 1 aromatic carbocycles. The second-order valence-corrected chi connectivity index (χ2v) is 4.04. The fourth-order valence-electron chi connectivity index (χ4n) is 1.66. The maximum Gasteiger partial charge on any atom is 0.134 e. The SMILES string of the molecule is Cc1cc(C)cc(OCc2cc(C)on2)c1. The van der Waals surface area contributed by atoms with E-state index in [0.717, 1.165) is 17.2 Å². The molecule has 1 aromatic heterocycles. The molecule has 0 unspecified atom stereocenters. The lowest BCUT2D eigenvalue weighted by molar-refractivity contribution is 0.287. The minimum Gasteiger partial charge on any atom is -0.487 e. The number of aryl methyl sites for hydroxylation is 3. The summed E-state index contributed by atoms with van der Waals surface area (Å²) in [7, 11) is 0. The summed E-state index contributed by atoms with van der Waals surface area (Å²) in [6.45, 7) is 6.42. The number of hydrogen-bond acceptors (Lipinski definition) is 3. The van der Waals surface area contributed by atoms with Crippen LogP contribution in [0, 0.1) is 20.8 Å². The fourth-order valence-corrected chi connectivity index (χ4v) is 1.66. The van der Waals surface area contributed by atoms with Crippen LogP contribution in [-0.2, 0) is 6.61 Å². The number of benzene rings is 1. The van der Waals surface area contributed by atoms with Gasteiger partial charge in [-0.3, -0.25) is 0 Å². The Bertz CT molecular complexity index is 468. The van der Waals surface area contributed by atoms with Crippen molar-refractivity contribution in [2.75, 3.05) is 0 Å². The van der Waals surface area contributed by atoms with E-state index in [1.54, 1.807) is 0 Å². The molecule has 2 rings (SSSR count). The molecule has 0 aliphatic heterocycles. The lowest BCUT2D eigenvalue weighted by Crippen LogP contribution is -1.96. The molecule has 0 N–H and O–H groups in total. The number of ether oxygens (including phenoxy) is 1. The molecular weight excluding hydrogens is 202 g/mol. The van der Waals surface area contributed by atoms with Crippen LogP contribution < -0.4 is 4.74 Å². The summed E-state index contributed by atoms with van der Waals surface area (Å²) in [6, 6.07) is 8.02. The molecule has 0 fully saturated rings. The van der Waals surface area contributed by atoms with Gasteiger partial charge in [0.2, 0.25) is 0 Å². The van der Waals surface area contributed by atoms with Gasteiger partial charge in [-0.15, -0.1) is 0 Å². The Morgan fingerprint density at radius 2 is 1.75 bits per heavy atom. The highest BCUT2D eigenvalue weighted by atomic mass is 16.5. The second-order valence-electron chi connectivity index (χ2n) is 4.04. The molecule has 2 aromatic rings. The zero-order valence-electron chi connectivity index (χ0n) is 9.78. The van der Waals surface area contributed by atoms with E-state index in [-0.39, 0.29) is 0 Å². The molecule has 0 aliphatic carbocycles. The summed E-state index contributed by atoms with van der Waals surface area (Å²) in [5.41, 5.74) is 3.22. The summed E-state index contributed by atoms with van der Waals surface area (Å²) in [5, 5.41) is 3.88. The molecule has 3 nitrogen and oxygen atoms in total. The first kappa shape index (κ1) is 10.7. The average molecular weight is 217 g/mol. The predicted octanol–water partition coefficient (Wildman–Crippen LogP) is 3.18. The minimum atomic E-state index is 0.445. The van der Waals surface area contributed by atoms with Crippen LogP contribution >= 0.6 is 0 Å². The number of aromatic nitrogens is 1. The summed E-state index contributed by atoms with van der Waals surface area (Å²) in [6.07, 6.45) is 0. The molecule has 0 saturated heterocycles. The van der Waals surface area contributed by atoms with Gasteiger partial charge in [0, 0.05) is 6.07 Å². The van der Waals surface area contributed by atoms with Gasteiger partial charge < -0.3 is 9.26 Å². The topological polar surface area (TPSA) is 35.3 Å². The minimum absolute atomic E-state index is 0.445. The molecule has 0 saturated carbocycles. The van der Waals surface area contributed by atoms with Crippen molar-refractivity contribution < 1.29 is 9.26 Å². The molecule has 0 spiro atoms. The van der Waals surface area contributed by atoms with Crippen molar-refractivity contribution in [1.29, 1.82) is 0 Å². The molecule has 0 bridgehead atoms. The zero-order chi connectivity index (χ0) is 11.5. The monoisotopic (exact) mass is 217 g/mol. The molecule has 3 heteroatoms. The number of rotatable bonds is 3. The van der Waals surface area contributed by atoms with Gasteiger partial charge in [0.05, 0.1) is 0 Å². The molecule has 0 radical (unpaired) electrons. The third-order valence-electron chi connectivity index (χ3n) is 2.26. The first-order valence-electron chi connectivity index (χ1n) is 5.27. The van der Waals surface area contributed by atoms with Crippen molar-refractivity contribution in [3.05, 3.63) is 46.8 Å². The molecule has 0 amide bonds. The summed E-state index contributed by atoms with van der Waals surface area (Å²) < 4.78 is 10.6. The summed E-state index contributed by atoms with van der Waals surface area (Å²) in [5.74, 6) is 1.68. The van der Waals surface area contributed by atoms with Crippen LogP contribution in [0.3, 0.4) is 0 Å². The van der Waals surface area contributed by atoms with Crippen LogP contribution in [0.25, 0.3) is 0 Å². The highest BCUT2D eigenvalue weighted by Crippen LogP contribution is 2.17. The molecule has 0 atom stereocenters. The first-order valence-corrected chi connectivity index (χ1v) is 5.27. The van der Waals surface area contributed by atoms with Crippen LogP contribution in [0.2, 0.25) is 0 Å². The van der Waals surface area contributed by atoms with Gasteiger partial charge in [0.1, 0.15) is 23.8 Å². The Morgan fingerprint density at radius 3 is 2.31 bits per heavy atom. The smallest absolute Gasteiger partial charge is 0.134 e. The third-order valence-corrected chi connectivity index (χ3v) is 2.26. The fraction of sp³-hybridized carbons (Fsp3) is 0.308. The van der Waals surface area contributed by atoms with Crippen molar-refractivity contribution in [2.24, 2.45) is 0 Å². The van der Waals surface area contributed by atoms with E-state index in [1.807, 2.05) is 25.1 Å². The largest absolute Gasteiger partial charge is 0.487 e. The Balaban J connectivity index is 2.04. The van der Waals surface area contributed by atoms with Crippen molar-refractivity contribution in [3.63, 3.8) is 0 Å². The highest BCUT2D eigenvalue weighted by molar-refractivity contribution is 5.33. The molecule has 16 heavy (non-hydrogen) atoms. The van der Waals surface area contributed by atoms with E-state index in [9.17, 15) is 0 Å². The van der Waals surface area contributed by atoms with Gasteiger partial charge in [-0.25, -0.2) is 0 Å². The zero-order valence-corrected chi connectivity index (χ0v) is 9.78. The maximum absolute atomic E-state index is 5.64. The maximum atomic E-state index is 5.64. The standard InChI is InChI=1S/C13H15NO2/c1-9-4-10(2)6-13(5-9)15-8-12-7-11(3)16-14-12/h4-7H,8H2,1-3H3. The van der Waals surface area contributed by atoms with E-state index in [2.05, 4.69) is 25.1 Å². The van der Waals surface area contributed by atoms with E-state index in [0.29, 0.717) is 6.61 Å². The summed E-state index contributed by atoms with van der Waals surface area (Å²) >= 11 is 0. The Morgan fingerprint density at radius 1 is 1.06 bits per heavy atom. The normalized spacial score (nSPS) is 10.4. The lowest BCUT2D eigenvalue weighted by atomic mass is 10.1. The van der Waals surface area contributed by atoms with Gasteiger partial charge in [-0.05, 0) is 44.0 Å². The Kier molecular flexibility index (Phi) is 2.95. The van der Waals surface area contributed by atoms with Gasteiger partial charge in [-0.1, -0.05) is 11.2 Å². The first-order chi connectivity index (χ1) is 7.63. The van der Waals surface area contributed by atoms with Crippen LogP contribution in [0.15, 0.2) is 28.8 Å². The van der Waals surface area contributed by atoms with Crippen LogP contribution in [0.4, 0.5) is 0 Å². The van der Waals surface area contributed by atoms with Gasteiger partial charge >= 0.3 is 0 Å². The van der Waals surface area contributed by atoms with E-state index in [1.165, 1.54) is 11.1 Å². The van der Waals surface area contributed by atoms with Crippen molar-refractivity contribution in [3.8, 4) is 5.75 Å². The number of hydrogen-bond donors (Lipinski definition) is 0. The average Bonchev–Trinajstić information content (AvgIpc) is 2.60. The lowest BCUT2D eigenvalue weighted by Gasteiger charge is -2.06. The second kappa shape index (κ2) is 4.39. The van der Waals surface area contributed by atoms with Crippen LogP contribution in [0.1, 0.15) is 22.6 Å². The van der Waals surface area contributed by atoms with Gasteiger partial charge in [-0.2, -0.15) is 0 Å². The predicted molar refractivity (Wildman–Crippen MR) is 61.5 cm³/mol. The van der Waals surface area contributed by atoms with E-state index < -0.39 is 0 Å². The van der Waals surface area contributed by atoms with Crippen LogP contribution in [0.5, 0.6) is 5.75 Å². The third kappa shape index (κ3) is 2.63. The van der Waals surface area contributed by atoms with Crippen LogP contribution in [-0.4, -0.2) is 5.16 Å². The van der Waals surface area contributed by atoms with E-state index in [4.69, 9.17) is 9.26 Å². The Labute approximate surface area is 95.0 Å². The molecule has 0 aliphatic rings. The quantitative estimate of drug-likeness (QED) is 0.792. The molecular formula is C13H15NO2. The van der Waals surface area contributed by atoms with Gasteiger partial charge in [0.25, 0.3) is 0 Å². The summed E-state index contributed by atoms with van der Waals surface area (Å²) in [4.78, 5) is 0.